The molecule has 1 aromatic carbocycles. The Balaban J connectivity index is 2.13. The Morgan fingerprint density at radius 3 is 2.50 bits per heavy atom. The summed E-state index contributed by atoms with van der Waals surface area (Å²) >= 11 is 0. The molecule has 2 rings (SSSR count). The van der Waals surface area contributed by atoms with Gasteiger partial charge in [-0.2, -0.15) is 13.2 Å². The standard InChI is InChI=1S/C16H17F3O3/c17-16(18,19)12-6-3-5-11(8-12)14(20)9-10-4-1-2-7-13(10)15(21)22/h3,5-6,8,10,13H,1-2,4,7,9H2,(H,21,22). The van der Waals surface area contributed by atoms with Crippen molar-refractivity contribution in [1.29, 1.82) is 0 Å². The van der Waals surface area contributed by atoms with E-state index in [2.05, 4.69) is 0 Å². The van der Waals surface area contributed by atoms with E-state index in [-0.39, 0.29) is 17.9 Å². The molecule has 2 unspecified atom stereocenters. The van der Waals surface area contributed by atoms with E-state index in [0.29, 0.717) is 12.8 Å². The summed E-state index contributed by atoms with van der Waals surface area (Å²) in [6, 6.07) is 4.29. The first-order chi connectivity index (χ1) is 10.3. The van der Waals surface area contributed by atoms with Crippen LogP contribution < -0.4 is 0 Å². The van der Waals surface area contributed by atoms with E-state index < -0.39 is 29.4 Å². The van der Waals surface area contributed by atoms with E-state index in [0.717, 1.165) is 25.0 Å². The number of carboxylic acid groups (broad SMARTS) is 1. The van der Waals surface area contributed by atoms with Crippen molar-refractivity contribution in [1.82, 2.24) is 0 Å². The van der Waals surface area contributed by atoms with Gasteiger partial charge in [-0.1, -0.05) is 25.0 Å². The SMILES string of the molecule is O=C(CC1CCCCC1C(=O)O)c1cccc(C(F)(F)F)c1. The van der Waals surface area contributed by atoms with Crippen molar-refractivity contribution in [2.75, 3.05) is 0 Å². The molecule has 0 spiro atoms. The lowest BCUT2D eigenvalue weighted by atomic mass is 9.76. The maximum absolute atomic E-state index is 12.7. The maximum atomic E-state index is 12.7. The second-order valence-electron chi connectivity index (χ2n) is 5.70. The van der Waals surface area contributed by atoms with Crippen molar-refractivity contribution in [3.05, 3.63) is 35.4 Å². The second-order valence-corrected chi connectivity index (χ2v) is 5.70. The van der Waals surface area contributed by atoms with Gasteiger partial charge in [-0.3, -0.25) is 9.59 Å². The molecule has 0 bridgehead atoms. The molecule has 1 fully saturated rings. The molecule has 1 aliphatic rings. The Hall–Kier alpha value is -1.85. The third-order valence-corrected chi connectivity index (χ3v) is 4.19. The molecule has 1 aliphatic carbocycles. The largest absolute Gasteiger partial charge is 0.481 e. The van der Waals surface area contributed by atoms with Crippen LogP contribution in [0.1, 0.15) is 48.0 Å². The highest BCUT2D eigenvalue weighted by molar-refractivity contribution is 5.96. The summed E-state index contributed by atoms with van der Waals surface area (Å²) < 4.78 is 38.0. The normalized spacial score (nSPS) is 22.3. The third kappa shape index (κ3) is 3.87. The minimum Gasteiger partial charge on any atom is -0.481 e. The quantitative estimate of drug-likeness (QED) is 0.849. The number of benzene rings is 1. The van der Waals surface area contributed by atoms with E-state index in [9.17, 15) is 27.9 Å². The number of carbonyl (C=O) groups excluding carboxylic acids is 1. The molecule has 0 aliphatic heterocycles. The lowest BCUT2D eigenvalue weighted by Crippen LogP contribution is -2.28. The number of rotatable bonds is 4. The minimum atomic E-state index is -4.50. The van der Waals surface area contributed by atoms with Gasteiger partial charge in [0, 0.05) is 12.0 Å². The van der Waals surface area contributed by atoms with Gasteiger partial charge in [-0.25, -0.2) is 0 Å². The van der Waals surface area contributed by atoms with E-state index in [1.165, 1.54) is 12.1 Å². The van der Waals surface area contributed by atoms with Crippen LogP contribution in [0, 0.1) is 11.8 Å². The summed E-state index contributed by atoms with van der Waals surface area (Å²) in [7, 11) is 0. The molecule has 1 saturated carbocycles. The van der Waals surface area contributed by atoms with Crippen molar-refractivity contribution >= 4 is 11.8 Å². The average Bonchev–Trinajstić information content (AvgIpc) is 2.47. The van der Waals surface area contributed by atoms with Gasteiger partial charge in [-0.15, -0.1) is 0 Å². The fraction of sp³-hybridized carbons (Fsp3) is 0.500. The number of ketones is 1. The molecular weight excluding hydrogens is 297 g/mol. The molecule has 6 heteroatoms. The number of hydrogen-bond acceptors (Lipinski definition) is 2. The molecule has 0 amide bonds. The van der Waals surface area contributed by atoms with E-state index >= 15 is 0 Å². The van der Waals surface area contributed by atoms with Crippen molar-refractivity contribution in [2.45, 2.75) is 38.3 Å². The van der Waals surface area contributed by atoms with Gasteiger partial charge in [-0.05, 0) is 30.9 Å². The summed E-state index contributed by atoms with van der Waals surface area (Å²) in [5.41, 5.74) is -0.874. The Morgan fingerprint density at radius 2 is 1.86 bits per heavy atom. The van der Waals surface area contributed by atoms with Gasteiger partial charge in [0.25, 0.3) is 0 Å². The van der Waals surface area contributed by atoms with E-state index in [1.54, 1.807) is 0 Å². The fourth-order valence-electron chi connectivity index (χ4n) is 3.00. The molecular formula is C16H17F3O3. The molecule has 2 atom stereocenters. The van der Waals surface area contributed by atoms with Gasteiger partial charge in [0.2, 0.25) is 0 Å². The van der Waals surface area contributed by atoms with Crippen molar-refractivity contribution in [2.24, 2.45) is 11.8 Å². The second kappa shape index (κ2) is 6.50. The maximum Gasteiger partial charge on any atom is 0.416 e. The van der Waals surface area contributed by atoms with Crippen LogP contribution in [-0.4, -0.2) is 16.9 Å². The Bertz CT molecular complexity index is 566. The van der Waals surface area contributed by atoms with Gasteiger partial charge < -0.3 is 5.11 Å². The van der Waals surface area contributed by atoms with Crippen LogP contribution in [0.2, 0.25) is 0 Å². The molecule has 0 heterocycles. The summed E-state index contributed by atoms with van der Waals surface area (Å²) in [4.78, 5) is 23.4. The van der Waals surface area contributed by atoms with Gasteiger partial charge in [0.05, 0.1) is 11.5 Å². The van der Waals surface area contributed by atoms with Crippen molar-refractivity contribution in [3.8, 4) is 0 Å². The highest BCUT2D eigenvalue weighted by atomic mass is 19.4. The van der Waals surface area contributed by atoms with Crippen molar-refractivity contribution in [3.63, 3.8) is 0 Å². The molecule has 120 valence electrons. The zero-order valence-electron chi connectivity index (χ0n) is 11.9. The summed E-state index contributed by atoms with van der Waals surface area (Å²) in [6.07, 6.45) is -1.70. The minimum absolute atomic E-state index is 0.00969. The predicted octanol–water partition coefficient (Wildman–Crippen LogP) is 4.17. The van der Waals surface area contributed by atoms with Crippen LogP contribution in [-0.2, 0) is 11.0 Å². The first-order valence-electron chi connectivity index (χ1n) is 7.22. The number of alkyl halides is 3. The van der Waals surface area contributed by atoms with Gasteiger partial charge in [0.15, 0.2) is 5.78 Å². The van der Waals surface area contributed by atoms with Crippen molar-refractivity contribution < 1.29 is 27.9 Å². The zero-order valence-corrected chi connectivity index (χ0v) is 11.9. The van der Waals surface area contributed by atoms with Crippen LogP contribution in [0.3, 0.4) is 0 Å². The molecule has 3 nitrogen and oxygen atoms in total. The van der Waals surface area contributed by atoms with Crippen LogP contribution >= 0.6 is 0 Å². The third-order valence-electron chi connectivity index (χ3n) is 4.19. The number of carbonyl (C=O) groups is 2. The molecule has 1 N–H and O–H groups in total. The number of aliphatic carboxylic acids is 1. The summed E-state index contributed by atoms with van der Waals surface area (Å²) in [5, 5.41) is 9.18. The first-order valence-corrected chi connectivity index (χ1v) is 7.22. The first kappa shape index (κ1) is 16.5. The molecule has 0 radical (unpaired) electrons. The highest BCUT2D eigenvalue weighted by Gasteiger charge is 2.34. The lowest BCUT2D eigenvalue weighted by molar-refractivity contribution is -0.144. The number of carboxylic acids is 1. The molecule has 22 heavy (non-hydrogen) atoms. The van der Waals surface area contributed by atoms with Crippen LogP contribution in [0.5, 0.6) is 0 Å². The Morgan fingerprint density at radius 1 is 1.18 bits per heavy atom. The van der Waals surface area contributed by atoms with Crippen LogP contribution in [0.4, 0.5) is 13.2 Å². The zero-order chi connectivity index (χ0) is 16.3. The average molecular weight is 314 g/mol. The molecule has 1 aromatic rings. The molecule has 0 saturated heterocycles. The number of halogens is 3. The fourth-order valence-corrected chi connectivity index (χ4v) is 3.00. The van der Waals surface area contributed by atoms with Crippen LogP contribution in [0.15, 0.2) is 24.3 Å². The van der Waals surface area contributed by atoms with E-state index in [1.807, 2.05) is 0 Å². The summed E-state index contributed by atoms with van der Waals surface area (Å²) in [5.74, 6) is -2.23. The Labute approximate surface area is 126 Å². The van der Waals surface area contributed by atoms with E-state index in [4.69, 9.17) is 0 Å². The van der Waals surface area contributed by atoms with Crippen LogP contribution in [0.25, 0.3) is 0 Å². The van der Waals surface area contributed by atoms with Gasteiger partial charge >= 0.3 is 12.1 Å². The lowest BCUT2D eigenvalue weighted by Gasteiger charge is -2.28. The number of Topliss-reactive ketones (excluding diaryl/α,β-unsaturated/α-hetero) is 1. The molecule has 0 aromatic heterocycles. The Kier molecular flexibility index (Phi) is 4.88. The highest BCUT2D eigenvalue weighted by Crippen LogP contribution is 2.34. The monoisotopic (exact) mass is 314 g/mol. The number of hydrogen-bond donors (Lipinski definition) is 1. The topological polar surface area (TPSA) is 54.4 Å². The summed E-state index contributed by atoms with van der Waals surface area (Å²) in [6.45, 7) is 0. The predicted molar refractivity (Wildman–Crippen MR) is 73.5 cm³/mol. The van der Waals surface area contributed by atoms with Gasteiger partial charge in [0.1, 0.15) is 0 Å². The smallest absolute Gasteiger partial charge is 0.416 e.